The van der Waals surface area contributed by atoms with Crippen molar-refractivity contribution in [2.24, 2.45) is 0 Å². The molecule has 0 spiro atoms. The van der Waals surface area contributed by atoms with Gasteiger partial charge in [0.2, 0.25) is 5.91 Å². The number of benzene rings is 2. The zero-order valence-corrected chi connectivity index (χ0v) is 14.8. The first kappa shape index (κ1) is 17.6. The molecule has 0 saturated carbocycles. The Morgan fingerprint density at radius 1 is 1.08 bits per heavy atom. The van der Waals surface area contributed by atoms with Crippen molar-refractivity contribution >= 4 is 11.6 Å². The molecule has 26 heavy (non-hydrogen) atoms. The number of hydrogen-bond donors (Lipinski definition) is 1. The Labute approximate surface area is 152 Å². The molecule has 0 aliphatic heterocycles. The highest BCUT2D eigenvalue weighted by molar-refractivity contribution is 5.90. The quantitative estimate of drug-likeness (QED) is 0.766. The number of carbonyl (C=O) groups is 1. The average Bonchev–Trinajstić information content (AvgIpc) is 2.64. The molecule has 5 nitrogen and oxygen atoms in total. The first-order valence-electron chi connectivity index (χ1n) is 8.54. The first-order chi connectivity index (χ1) is 12.5. The second kappa shape index (κ2) is 7.78. The van der Waals surface area contributed by atoms with E-state index in [0.717, 1.165) is 5.56 Å². The van der Waals surface area contributed by atoms with Crippen LogP contribution in [-0.2, 0) is 11.3 Å². The van der Waals surface area contributed by atoms with Crippen LogP contribution < -0.4 is 10.9 Å². The van der Waals surface area contributed by atoms with Crippen LogP contribution in [0.5, 0.6) is 0 Å². The fraction of sp³-hybridized carbons (Fsp3) is 0.190. The van der Waals surface area contributed by atoms with Crippen LogP contribution >= 0.6 is 0 Å². The van der Waals surface area contributed by atoms with Gasteiger partial charge >= 0.3 is 0 Å². The molecule has 0 radical (unpaired) electrons. The normalized spacial score (nSPS) is 10.7. The summed E-state index contributed by atoms with van der Waals surface area (Å²) in [5.74, 6) is 0.172. The monoisotopic (exact) mass is 347 g/mol. The third-order valence-corrected chi connectivity index (χ3v) is 4.12. The molecule has 0 aliphatic carbocycles. The predicted octanol–water partition coefficient (Wildman–Crippen LogP) is 3.67. The van der Waals surface area contributed by atoms with Crippen molar-refractivity contribution in [1.82, 2.24) is 9.55 Å². The lowest BCUT2D eigenvalue weighted by molar-refractivity contribution is -0.116. The van der Waals surface area contributed by atoms with Crippen LogP contribution in [0.15, 0.2) is 71.8 Å². The Balaban J connectivity index is 1.68. The van der Waals surface area contributed by atoms with Crippen molar-refractivity contribution in [3.05, 3.63) is 82.9 Å². The minimum absolute atomic E-state index is 0.0766. The van der Waals surface area contributed by atoms with E-state index < -0.39 is 0 Å². The molecule has 1 aromatic heterocycles. The number of hydrogen-bond acceptors (Lipinski definition) is 3. The number of carbonyl (C=O) groups excluding carboxylic acids is 1. The fourth-order valence-electron chi connectivity index (χ4n) is 2.62. The number of rotatable bonds is 5. The highest BCUT2D eigenvalue weighted by Gasteiger charge is 2.08. The lowest BCUT2D eigenvalue weighted by Gasteiger charge is -2.10. The molecule has 0 fully saturated rings. The third-order valence-electron chi connectivity index (χ3n) is 4.12. The Bertz CT molecular complexity index is 945. The van der Waals surface area contributed by atoms with E-state index in [9.17, 15) is 9.59 Å². The van der Waals surface area contributed by atoms with Crippen LogP contribution in [0.25, 0.3) is 11.3 Å². The third kappa shape index (κ3) is 4.25. The number of amides is 1. The van der Waals surface area contributed by atoms with Crippen LogP contribution in [0.3, 0.4) is 0 Å². The molecule has 0 aliphatic rings. The van der Waals surface area contributed by atoms with Gasteiger partial charge in [-0.15, -0.1) is 0 Å². The summed E-state index contributed by atoms with van der Waals surface area (Å²) in [6.45, 7) is 4.16. The van der Waals surface area contributed by atoms with Crippen LogP contribution in [-0.4, -0.2) is 15.5 Å². The topological polar surface area (TPSA) is 64.0 Å². The highest BCUT2D eigenvalue weighted by atomic mass is 16.2. The van der Waals surface area contributed by atoms with E-state index in [2.05, 4.69) is 24.1 Å². The lowest BCUT2D eigenvalue weighted by Crippen LogP contribution is -2.27. The smallest absolute Gasteiger partial charge is 0.254 e. The van der Waals surface area contributed by atoms with Crippen molar-refractivity contribution in [2.45, 2.75) is 26.3 Å². The maximum atomic E-state index is 12.3. The van der Waals surface area contributed by atoms with Crippen molar-refractivity contribution in [2.75, 3.05) is 5.32 Å². The van der Waals surface area contributed by atoms with Crippen molar-refractivity contribution in [3.63, 3.8) is 0 Å². The molecule has 2 aromatic carbocycles. The molecular weight excluding hydrogens is 326 g/mol. The predicted molar refractivity (Wildman–Crippen MR) is 103 cm³/mol. The molecule has 3 rings (SSSR count). The Morgan fingerprint density at radius 3 is 2.38 bits per heavy atom. The van der Waals surface area contributed by atoms with E-state index in [1.165, 1.54) is 22.5 Å². The number of aromatic nitrogens is 2. The molecular formula is C21H21N3O2. The molecule has 0 bridgehead atoms. The van der Waals surface area contributed by atoms with E-state index in [1.54, 1.807) is 0 Å². The van der Waals surface area contributed by atoms with Gasteiger partial charge in [0.05, 0.1) is 12.0 Å². The van der Waals surface area contributed by atoms with Gasteiger partial charge in [-0.1, -0.05) is 56.3 Å². The number of nitrogens with one attached hydrogen (secondary N) is 1. The minimum atomic E-state index is -0.265. The molecule has 0 saturated heterocycles. The fourth-order valence-corrected chi connectivity index (χ4v) is 2.62. The van der Waals surface area contributed by atoms with Gasteiger partial charge in [-0.05, 0) is 23.6 Å². The van der Waals surface area contributed by atoms with E-state index in [4.69, 9.17) is 0 Å². The van der Waals surface area contributed by atoms with Crippen LogP contribution in [0, 0.1) is 0 Å². The summed E-state index contributed by atoms with van der Waals surface area (Å²) >= 11 is 0. The summed E-state index contributed by atoms with van der Waals surface area (Å²) in [5, 5.41) is 2.80. The molecule has 132 valence electrons. The molecule has 0 unspecified atom stereocenters. The van der Waals surface area contributed by atoms with Crippen molar-refractivity contribution in [3.8, 4) is 11.3 Å². The van der Waals surface area contributed by atoms with Gasteiger partial charge in [0, 0.05) is 17.3 Å². The molecule has 1 heterocycles. The number of anilines is 1. The maximum Gasteiger partial charge on any atom is 0.254 e. The van der Waals surface area contributed by atoms with Gasteiger partial charge in [0.1, 0.15) is 6.54 Å². The Morgan fingerprint density at radius 2 is 1.77 bits per heavy atom. The highest BCUT2D eigenvalue weighted by Crippen LogP contribution is 2.17. The lowest BCUT2D eigenvalue weighted by atomic mass is 10.0. The van der Waals surface area contributed by atoms with Gasteiger partial charge in [0.25, 0.3) is 5.56 Å². The zero-order chi connectivity index (χ0) is 18.5. The van der Waals surface area contributed by atoms with E-state index in [1.807, 2.05) is 54.6 Å². The zero-order valence-electron chi connectivity index (χ0n) is 14.8. The second-order valence-corrected chi connectivity index (χ2v) is 6.43. The van der Waals surface area contributed by atoms with Gasteiger partial charge in [-0.3, -0.25) is 14.2 Å². The summed E-state index contributed by atoms with van der Waals surface area (Å²) < 4.78 is 1.30. The van der Waals surface area contributed by atoms with E-state index in [0.29, 0.717) is 17.3 Å². The standard InChI is InChI=1S/C21H21N3O2/c1-15(2)16-8-10-18(11-9-16)23-20(25)13-24-14-22-19(12-21(24)26)17-6-4-3-5-7-17/h3-12,14-15H,13H2,1-2H3,(H,23,25). The molecule has 0 atom stereocenters. The molecule has 1 amide bonds. The summed E-state index contributed by atoms with van der Waals surface area (Å²) in [6, 6.07) is 18.6. The summed E-state index contributed by atoms with van der Waals surface area (Å²) in [5.41, 5.74) is 3.12. The van der Waals surface area contributed by atoms with E-state index in [-0.39, 0.29) is 18.0 Å². The minimum Gasteiger partial charge on any atom is -0.325 e. The maximum absolute atomic E-state index is 12.3. The van der Waals surface area contributed by atoms with Gasteiger partial charge < -0.3 is 5.32 Å². The van der Waals surface area contributed by atoms with Crippen molar-refractivity contribution in [1.29, 1.82) is 0 Å². The summed E-state index contributed by atoms with van der Waals surface area (Å²) in [4.78, 5) is 28.8. The van der Waals surface area contributed by atoms with Crippen LogP contribution in [0.1, 0.15) is 25.3 Å². The first-order valence-corrected chi connectivity index (χ1v) is 8.54. The molecule has 3 aromatic rings. The second-order valence-electron chi connectivity index (χ2n) is 6.43. The summed E-state index contributed by atoms with van der Waals surface area (Å²) in [6.07, 6.45) is 1.41. The van der Waals surface area contributed by atoms with Gasteiger partial charge in [0.15, 0.2) is 0 Å². The Hall–Kier alpha value is -3.21. The van der Waals surface area contributed by atoms with Crippen LogP contribution in [0.4, 0.5) is 5.69 Å². The summed E-state index contributed by atoms with van der Waals surface area (Å²) in [7, 11) is 0. The molecule has 1 N–H and O–H groups in total. The SMILES string of the molecule is CC(C)c1ccc(NC(=O)Cn2cnc(-c3ccccc3)cc2=O)cc1. The molecule has 5 heteroatoms. The largest absolute Gasteiger partial charge is 0.325 e. The van der Waals surface area contributed by atoms with Gasteiger partial charge in [-0.25, -0.2) is 4.98 Å². The van der Waals surface area contributed by atoms with Crippen LogP contribution in [0.2, 0.25) is 0 Å². The van der Waals surface area contributed by atoms with Gasteiger partial charge in [-0.2, -0.15) is 0 Å². The number of nitrogens with zero attached hydrogens (tertiary/aromatic N) is 2. The van der Waals surface area contributed by atoms with Crippen molar-refractivity contribution < 1.29 is 4.79 Å². The van der Waals surface area contributed by atoms with E-state index >= 15 is 0 Å². The Kier molecular flexibility index (Phi) is 5.27. The average molecular weight is 347 g/mol.